The Labute approximate surface area is 115 Å². The molecule has 1 fully saturated rings. The van der Waals surface area contributed by atoms with Gasteiger partial charge in [-0.25, -0.2) is 0 Å². The number of nitrogens with zero attached hydrogens (tertiary/aromatic N) is 4. The van der Waals surface area contributed by atoms with E-state index in [0.29, 0.717) is 0 Å². The first-order valence-electron chi connectivity index (χ1n) is 6.99. The summed E-state index contributed by atoms with van der Waals surface area (Å²) in [6.07, 6.45) is 4.75. The van der Waals surface area contributed by atoms with Crippen molar-refractivity contribution in [1.29, 1.82) is 5.26 Å². The minimum absolute atomic E-state index is 0.0859. The summed E-state index contributed by atoms with van der Waals surface area (Å²) < 4.78 is 0. The maximum Gasteiger partial charge on any atom is 0.0976 e. The normalized spacial score (nSPS) is 19.0. The van der Waals surface area contributed by atoms with Gasteiger partial charge in [-0.3, -0.25) is 14.8 Å². The van der Waals surface area contributed by atoms with Crippen molar-refractivity contribution < 1.29 is 0 Å². The van der Waals surface area contributed by atoms with Crippen LogP contribution in [0.25, 0.3) is 0 Å². The highest BCUT2D eigenvalue weighted by Crippen LogP contribution is 2.12. The number of hydrogen-bond acceptors (Lipinski definition) is 4. The monoisotopic (exact) mass is 258 g/mol. The average molecular weight is 258 g/mol. The highest BCUT2D eigenvalue weighted by Gasteiger charge is 2.22. The zero-order valence-electron chi connectivity index (χ0n) is 11.8. The summed E-state index contributed by atoms with van der Waals surface area (Å²) in [6.45, 7) is 9.17. The third-order valence-corrected chi connectivity index (χ3v) is 3.72. The smallest absolute Gasteiger partial charge is 0.0976 e. The molecule has 0 radical (unpaired) electrons. The van der Waals surface area contributed by atoms with E-state index in [4.69, 9.17) is 5.26 Å². The topological polar surface area (TPSA) is 43.2 Å². The molecule has 0 aromatic carbocycles. The van der Waals surface area contributed by atoms with Crippen molar-refractivity contribution >= 4 is 0 Å². The van der Waals surface area contributed by atoms with Gasteiger partial charge in [0.1, 0.15) is 0 Å². The fourth-order valence-electron chi connectivity index (χ4n) is 2.63. The van der Waals surface area contributed by atoms with Gasteiger partial charge in [-0.2, -0.15) is 5.26 Å². The Bertz CT molecular complexity index is 444. The molecular formula is C15H22N4. The Hall–Kier alpha value is -1.44. The fourth-order valence-corrected chi connectivity index (χ4v) is 2.63. The van der Waals surface area contributed by atoms with Gasteiger partial charge >= 0.3 is 0 Å². The third-order valence-electron chi connectivity index (χ3n) is 3.72. The Morgan fingerprint density at radius 3 is 2.63 bits per heavy atom. The third kappa shape index (κ3) is 3.76. The van der Waals surface area contributed by atoms with Crippen molar-refractivity contribution in [2.75, 3.05) is 26.2 Å². The Morgan fingerprint density at radius 2 is 2.05 bits per heavy atom. The van der Waals surface area contributed by atoms with E-state index in [1.165, 1.54) is 11.1 Å². The van der Waals surface area contributed by atoms with Gasteiger partial charge in [0, 0.05) is 45.1 Å². The van der Waals surface area contributed by atoms with Gasteiger partial charge in [-0.05, 0) is 24.5 Å². The summed E-state index contributed by atoms with van der Waals surface area (Å²) in [5, 5.41) is 9.10. The van der Waals surface area contributed by atoms with E-state index in [2.05, 4.69) is 40.8 Å². The standard InChI is InChI=1S/C15H22N4/c1-3-15(9-16)19-6-4-18(5-7-19)12-14-8-13(2)10-17-11-14/h8,10-11,15H,3-7,12H2,1-2H3. The number of pyridine rings is 1. The Morgan fingerprint density at radius 1 is 1.32 bits per heavy atom. The van der Waals surface area contributed by atoms with Crippen LogP contribution in [0.3, 0.4) is 0 Å². The Balaban J connectivity index is 1.85. The average Bonchev–Trinajstić information content (AvgIpc) is 2.42. The summed E-state index contributed by atoms with van der Waals surface area (Å²) in [5.41, 5.74) is 2.49. The van der Waals surface area contributed by atoms with Crippen LogP contribution in [0.15, 0.2) is 18.5 Å². The summed E-state index contributed by atoms with van der Waals surface area (Å²) in [5.74, 6) is 0. The molecule has 0 N–H and O–H groups in total. The second kappa shape index (κ2) is 6.65. The highest BCUT2D eigenvalue weighted by atomic mass is 15.3. The van der Waals surface area contributed by atoms with Crippen LogP contribution in [0.2, 0.25) is 0 Å². The van der Waals surface area contributed by atoms with Gasteiger partial charge in [0.2, 0.25) is 0 Å². The van der Waals surface area contributed by atoms with Gasteiger partial charge in [-0.15, -0.1) is 0 Å². The van der Waals surface area contributed by atoms with Crippen molar-refractivity contribution in [1.82, 2.24) is 14.8 Å². The lowest BCUT2D eigenvalue weighted by molar-refractivity contribution is 0.108. The van der Waals surface area contributed by atoms with Crippen LogP contribution in [0.1, 0.15) is 24.5 Å². The van der Waals surface area contributed by atoms with Crippen molar-refractivity contribution in [3.63, 3.8) is 0 Å². The predicted octanol–water partition coefficient (Wildman–Crippen LogP) is 1.81. The zero-order chi connectivity index (χ0) is 13.7. The molecule has 4 nitrogen and oxygen atoms in total. The predicted molar refractivity (Wildman–Crippen MR) is 75.5 cm³/mol. The van der Waals surface area contributed by atoms with Gasteiger partial charge in [-0.1, -0.05) is 13.0 Å². The van der Waals surface area contributed by atoms with Crippen molar-refractivity contribution in [3.8, 4) is 6.07 Å². The lowest BCUT2D eigenvalue weighted by atomic mass is 10.1. The van der Waals surface area contributed by atoms with E-state index in [1.54, 1.807) is 0 Å². The van der Waals surface area contributed by atoms with E-state index in [0.717, 1.165) is 39.1 Å². The summed E-state index contributed by atoms with van der Waals surface area (Å²) in [4.78, 5) is 8.98. The lowest BCUT2D eigenvalue weighted by Gasteiger charge is -2.36. The molecule has 1 aliphatic rings. The molecule has 1 aromatic heterocycles. The Kier molecular flexibility index (Phi) is 4.89. The molecule has 1 saturated heterocycles. The van der Waals surface area contributed by atoms with E-state index in [9.17, 15) is 0 Å². The highest BCUT2D eigenvalue weighted by molar-refractivity contribution is 5.16. The van der Waals surface area contributed by atoms with Gasteiger partial charge in [0.25, 0.3) is 0 Å². The van der Waals surface area contributed by atoms with Crippen molar-refractivity contribution in [3.05, 3.63) is 29.6 Å². The van der Waals surface area contributed by atoms with Crippen LogP contribution in [0.4, 0.5) is 0 Å². The molecule has 0 spiro atoms. The molecule has 0 saturated carbocycles. The summed E-state index contributed by atoms with van der Waals surface area (Å²) >= 11 is 0. The minimum Gasteiger partial charge on any atom is -0.296 e. The van der Waals surface area contributed by atoms with E-state index in [-0.39, 0.29) is 6.04 Å². The van der Waals surface area contributed by atoms with Crippen LogP contribution in [0.5, 0.6) is 0 Å². The zero-order valence-corrected chi connectivity index (χ0v) is 11.8. The first-order valence-corrected chi connectivity index (χ1v) is 6.99. The molecule has 102 valence electrons. The molecular weight excluding hydrogens is 236 g/mol. The van der Waals surface area contributed by atoms with Gasteiger partial charge in [0.15, 0.2) is 0 Å². The second-order valence-electron chi connectivity index (χ2n) is 5.24. The SMILES string of the molecule is CCC(C#N)N1CCN(Cc2cncc(C)c2)CC1. The maximum absolute atomic E-state index is 9.10. The van der Waals surface area contributed by atoms with Crippen molar-refractivity contribution in [2.45, 2.75) is 32.9 Å². The molecule has 2 rings (SSSR count). The second-order valence-corrected chi connectivity index (χ2v) is 5.24. The molecule has 1 aromatic rings. The number of piperazine rings is 1. The fraction of sp³-hybridized carbons (Fsp3) is 0.600. The summed E-state index contributed by atoms with van der Waals surface area (Å²) in [6, 6.07) is 4.67. The number of hydrogen-bond donors (Lipinski definition) is 0. The van der Waals surface area contributed by atoms with Gasteiger partial charge < -0.3 is 0 Å². The summed E-state index contributed by atoms with van der Waals surface area (Å²) in [7, 11) is 0. The lowest BCUT2D eigenvalue weighted by Crippen LogP contribution is -2.49. The van der Waals surface area contributed by atoms with Crippen LogP contribution >= 0.6 is 0 Å². The van der Waals surface area contributed by atoms with E-state index >= 15 is 0 Å². The number of nitriles is 1. The van der Waals surface area contributed by atoms with Crippen LogP contribution in [0, 0.1) is 18.3 Å². The molecule has 1 atom stereocenters. The molecule has 0 amide bonds. The maximum atomic E-state index is 9.10. The molecule has 1 unspecified atom stereocenters. The van der Waals surface area contributed by atoms with Crippen molar-refractivity contribution in [2.24, 2.45) is 0 Å². The molecule has 1 aliphatic heterocycles. The number of aryl methyl sites for hydroxylation is 1. The largest absolute Gasteiger partial charge is 0.296 e. The minimum atomic E-state index is 0.0859. The van der Waals surface area contributed by atoms with E-state index < -0.39 is 0 Å². The van der Waals surface area contributed by atoms with Crippen LogP contribution in [-0.2, 0) is 6.54 Å². The number of rotatable bonds is 4. The van der Waals surface area contributed by atoms with Crippen LogP contribution < -0.4 is 0 Å². The molecule has 2 heterocycles. The quantitative estimate of drug-likeness (QED) is 0.826. The molecule has 0 aliphatic carbocycles. The first kappa shape index (κ1) is 14.0. The van der Waals surface area contributed by atoms with Crippen LogP contribution in [-0.4, -0.2) is 47.0 Å². The number of aromatic nitrogens is 1. The van der Waals surface area contributed by atoms with Gasteiger partial charge in [0.05, 0.1) is 12.1 Å². The molecule has 19 heavy (non-hydrogen) atoms. The molecule has 0 bridgehead atoms. The van der Waals surface area contributed by atoms with E-state index in [1.807, 2.05) is 12.4 Å². The first-order chi connectivity index (χ1) is 9.22. The molecule has 4 heteroatoms.